The zero-order chi connectivity index (χ0) is 14.0. The van der Waals surface area contributed by atoms with E-state index in [2.05, 4.69) is 27.3 Å². The van der Waals surface area contributed by atoms with E-state index >= 15 is 0 Å². The van der Waals surface area contributed by atoms with Crippen LogP contribution in [-0.2, 0) is 0 Å². The summed E-state index contributed by atoms with van der Waals surface area (Å²) >= 11 is 9.65. The molecule has 2 aromatic rings. The molecular weight excluding hydrogens is 324 g/mol. The van der Waals surface area contributed by atoms with Crippen molar-refractivity contribution in [2.24, 2.45) is 0 Å². The molecule has 1 N–H and O–H groups in total. The standard InChI is InChI=1S/C15H12BrClN2/c1-9-4-3-5-11(8-18)15(9)19-14-7-13(17)10(2)6-12(14)16/h3-7,19H,1-2H3. The topological polar surface area (TPSA) is 35.8 Å². The summed E-state index contributed by atoms with van der Waals surface area (Å²) in [7, 11) is 0. The number of anilines is 2. The number of nitrogens with zero attached hydrogens (tertiary/aromatic N) is 1. The van der Waals surface area contributed by atoms with Crippen LogP contribution in [0.4, 0.5) is 11.4 Å². The first kappa shape index (κ1) is 13.9. The van der Waals surface area contributed by atoms with Gasteiger partial charge in [0.2, 0.25) is 0 Å². The minimum atomic E-state index is 0.614. The molecule has 0 fully saturated rings. The van der Waals surface area contributed by atoms with E-state index in [4.69, 9.17) is 16.9 Å². The molecule has 0 aliphatic heterocycles. The summed E-state index contributed by atoms with van der Waals surface area (Å²) in [6.07, 6.45) is 0. The van der Waals surface area contributed by atoms with Crippen molar-refractivity contribution < 1.29 is 0 Å². The zero-order valence-electron chi connectivity index (χ0n) is 10.6. The van der Waals surface area contributed by atoms with Crippen molar-refractivity contribution in [3.63, 3.8) is 0 Å². The molecule has 0 unspecified atom stereocenters. The molecule has 0 bridgehead atoms. The van der Waals surface area contributed by atoms with Crippen LogP contribution < -0.4 is 5.32 Å². The third-order valence-electron chi connectivity index (χ3n) is 2.90. The van der Waals surface area contributed by atoms with Gasteiger partial charge in [0.15, 0.2) is 0 Å². The molecule has 96 valence electrons. The molecule has 4 heteroatoms. The van der Waals surface area contributed by atoms with E-state index in [1.807, 2.05) is 38.1 Å². The van der Waals surface area contributed by atoms with Gasteiger partial charge in [0, 0.05) is 9.50 Å². The van der Waals surface area contributed by atoms with Gasteiger partial charge < -0.3 is 5.32 Å². The van der Waals surface area contributed by atoms with E-state index in [1.54, 1.807) is 6.07 Å². The molecule has 0 aliphatic rings. The fraction of sp³-hybridized carbons (Fsp3) is 0.133. The molecular formula is C15H12BrClN2. The SMILES string of the molecule is Cc1cc(Br)c(Nc2c(C)cccc2C#N)cc1Cl. The van der Waals surface area contributed by atoms with Gasteiger partial charge >= 0.3 is 0 Å². The van der Waals surface area contributed by atoms with Crippen LogP contribution >= 0.6 is 27.5 Å². The third-order valence-corrected chi connectivity index (χ3v) is 3.96. The lowest BCUT2D eigenvalue weighted by Gasteiger charge is -2.14. The van der Waals surface area contributed by atoms with Crippen LogP contribution in [-0.4, -0.2) is 0 Å². The second kappa shape index (κ2) is 5.64. The van der Waals surface area contributed by atoms with E-state index in [-0.39, 0.29) is 0 Å². The summed E-state index contributed by atoms with van der Waals surface area (Å²) in [6, 6.07) is 11.6. The van der Waals surface area contributed by atoms with Gasteiger partial charge in [0.05, 0.1) is 16.9 Å². The molecule has 0 atom stereocenters. The van der Waals surface area contributed by atoms with E-state index < -0.39 is 0 Å². The maximum absolute atomic E-state index is 9.16. The summed E-state index contributed by atoms with van der Waals surface area (Å²) in [4.78, 5) is 0. The lowest BCUT2D eigenvalue weighted by atomic mass is 10.1. The van der Waals surface area contributed by atoms with E-state index in [9.17, 15) is 0 Å². The third kappa shape index (κ3) is 2.91. The van der Waals surface area contributed by atoms with Gasteiger partial charge in [0.1, 0.15) is 6.07 Å². The second-order valence-corrected chi connectivity index (χ2v) is 5.58. The Morgan fingerprint density at radius 3 is 2.63 bits per heavy atom. The summed E-state index contributed by atoms with van der Waals surface area (Å²) in [6.45, 7) is 3.91. The molecule has 0 radical (unpaired) electrons. The number of aryl methyl sites for hydroxylation is 2. The van der Waals surface area contributed by atoms with Gasteiger partial charge in [-0.1, -0.05) is 23.7 Å². The number of rotatable bonds is 2. The number of nitriles is 1. The molecule has 0 saturated heterocycles. The van der Waals surface area contributed by atoms with Crippen LogP contribution in [0.25, 0.3) is 0 Å². The fourth-order valence-corrected chi connectivity index (χ4v) is 2.52. The first-order valence-corrected chi connectivity index (χ1v) is 6.92. The van der Waals surface area contributed by atoms with Crippen LogP contribution in [0.3, 0.4) is 0 Å². The molecule has 19 heavy (non-hydrogen) atoms. The molecule has 0 aliphatic carbocycles. The van der Waals surface area contributed by atoms with Crippen molar-refractivity contribution in [3.05, 3.63) is 56.5 Å². The number of para-hydroxylation sites is 1. The van der Waals surface area contributed by atoms with E-state index in [1.165, 1.54) is 0 Å². The quantitative estimate of drug-likeness (QED) is 0.804. The number of halogens is 2. The molecule has 0 heterocycles. The van der Waals surface area contributed by atoms with E-state index in [0.29, 0.717) is 10.6 Å². The summed E-state index contributed by atoms with van der Waals surface area (Å²) in [5, 5.41) is 13.1. The van der Waals surface area contributed by atoms with Gasteiger partial charge in [-0.3, -0.25) is 0 Å². The average molecular weight is 336 g/mol. The highest BCUT2D eigenvalue weighted by molar-refractivity contribution is 9.10. The number of hydrogen-bond acceptors (Lipinski definition) is 2. The molecule has 2 nitrogen and oxygen atoms in total. The largest absolute Gasteiger partial charge is 0.353 e. The van der Waals surface area contributed by atoms with Gasteiger partial charge in [-0.05, 0) is 59.1 Å². The lowest BCUT2D eigenvalue weighted by molar-refractivity contribution is 1.37. The molecule has 2 aromatic carbocycles. The predicted octanol–water partition coefficient (Wildman–Crippen LogP) is 5.33. The highest BCUT2D eigenvalue weighted by atomic mass is 79.9. The second-order valence-electron chi connectivity index (χ2n) is 4.32. The van der Waals surface area contributed by atoms with Crippen molar-refractivity contribution in [1.29, 1.82) is 5.26 Å². The Hall–Kier alpha value is -1.50. The van der Waals surface area contributed by atoms with Crippen molar-refractivity contribution in [3.8, 4) is 6.07 Å². The van der Waals surface area contributed by atoms with Crippen molar-refractivity contribution >= 4 is 38.9 Å². The van der Waals surface area contributed by atoms with Crippen LogP contribution in [0, 0.1) is 25.2 Å². The van der Waals surface area contributed by atoms with Crippen molar-refractivity contribution in [2.75, 3.05) is 5.32 Å². The summed E-state index contributed by atoms with van der Waals surface area (Å²) in [5.41, 5.74) is 4.29. The van der Waals surface area contributed by atoms with Crippen LogP contribution in [0.15, 0.2) is 34.8 Å². The lowest BCUT2D eigenvalue weighted by Crippen LogP contribution is -1.97. The Labute approximate surface area is 126 Å². The smallest absolute Gasteiger partial charge is 0.101 e. The molecule has 0 saturated carbocycles. The van der Waals surface area contributed by atoms with Gasteiger partial charge in [-0.25, -0.2) is 0 Å². The number of nitrogens with one attached hydrogen (secondary N) is 1. The Bertz CT molecular complexity index is 675. The summed E-state index contributed by atoms with van der Waals surface area (Å²) < 4.78 is 0.918. The molecule has 0 aromatic heterocycles. The van der Waals surface area contributed by atoms with Crippen molar-refractivity contribution in [1.82, 2.24) is 0 Å². The average Bonchev–Trinajstić information content (AvgIpc) is 2.38. The first-order chi connectivity index (χ1) is 9.02. The maximum atomic E-state index is 9.16. The highest BCUT2D eigenvalue weighted by Gasteiger charge is 2.09. The number of hydrogen-bond donors (Lipinski definition) is 1. The monoisotopic (exact) mass is 334 g/mol. The van der Waals surface area contributed by atoms with E-state index in [0.717, 1.165) is 27.0 Å². The predicted molar refractivity (Wildman–Crippen MR) is 83.1 cm³/mol. The Balaban J connectivity index is 2.48. The van der Waals surface area contributed by atoms with Crippen molar-refractivity contribution in [2.45, 2.75) is 13.8 Å². The molecule has 0 spiro atoms. The molecule has 2 rings (SSSR count). The Morgan fingerprint density at radius 1 is 1.21 bits per heavy atom. The Morgan fingerprint density at radius 2 is 1.95 bits per heavy atom. The van der Waals surface area contributed by atoms with Gasteiger partial charge in [0.25, 0.3) is 0 Å². The molecule has 0 amide bonds. The first-order valence-electron chi connectivity index (χ1n) is 5.75. The highest BCUT2D eigenvalue weighted by Crippen LogP contribution is 2.33. The van der Waals surface area contributed by atoms with Crippen LogP contribution in [0.1, 0.15) is 16.7 Å². The minimum absolute atomic E-state index is 0.614. The van der Waals surface area contributed by atoms with Gasteiger partial charge in [-0.2, -0.15) is 5.26 Å². The zero-order valence-corrected chi connectivity index (χ0v) is 12.9. The maximum Gasteiger partial charge on any atom is 0.101 e. The van der Waals surface area contributed by atoms with Gasteiger partial charge in [-0.15, -0.1) is 0 Å². The van der Waals surface area contributed by atoms with Crippen LogP contribution in [0.5, 0.6) is 0 Å². The normalized spacial score (nSPS) is 10.1. The Kier molecular flexibility index (Phi) is 4.14. The minimum Gasteiger partial charge on any atom is -0.353 e. The fourth-order valence-electron chi connectivity index (χ4n) is 1.80. The number of benzene rings is 2. The van der Waals surface area contributed by atoms with Crippen LogP contribution in [0.2, 0.25) is 5.02 Å². The summed E-state index contributed by atoms with van der Waals surface area (Å²) in [5.74, 6) is 0.